The first kappa shape index (κ1) is 13.9. The number of piperazine rings is 1. The molecular weight excluding hydrogens is 264 g/mol. The molecule has 0 aromatic carbocycles. The van der Waals surface area contributed by atoms with Crippen LogP contribution in [-0.4, -0.2) is 51.0 Å². The normalized spacial score (nSPS) is 17.7. The van der Waals surface area contributed by atoms with Crippen LogP contribution in [0.15, 0.2) is 30.9 Å². The van der Waals surface area contributed by atoms with Crippen molar-refractivity contribution in [1.29, 1.82) is 0 Å². The molecule has 0 bridgehead atoms. The van der Waals surface area contributed by atoms with Crippen molar-refractivity contribution < 1.29 is 0 Å². The Hall–Kier alpha value is -2.08. The van der Waals surface area contributed by atoms with Gasteiger partial charge in [-0.05, 0) is 19.9 Å². The fraction of sp³-hybridized carbons (Fsp3) is 0.467. The molecule has 0 aliphatic carbocycles. The Labute approximate surface area is 124 Å². The summed E-state index contributed by atoms with van der Waals surface area (Å²) in [7, 11) is 0. The molecular formula is C15H20N6. The fourth-order valence-corrected chi connectivity index (χ4v) is 2.67. The molecule has 0 saturated carbocycles. The Morgan fingerprint density at radius 2 is 1.86 bits per heavy atom. The minimum absolute atomic E-state index is 0.299. The number of anilines is 1. The van der Waals surface area contributed by atoms with Gasteiger partial charge in [-0.2, -0.15) is 0 Å². The van der Waals surface area contributed by atoms with E-state index in [1.54, 1.807) is 12.4 Å². The van der Waals surface area contributed by atoms with Crippen LogP contribution in [0.25, 0.3) is 0 Å². The number of hydrogen-bond acceptors (Lipinski definition) is 6. The van der Waals surface area contributed by atoms with Gasteiger partial charge < -0.3 is 4.90 Å². The lowest BCUT2D eigenvalue weighted by molar-refractivity contribution is 0.194. The predicted molar refractivity (Wildman–Crippen MR) is 81.0 cm³/mol. The van der Waals surface area contributed by atoms with Crippen molar-refractivity contribution in [2.45, 2.75) is 19.9 Å². The first-order chi connectivity index (χ1) is 10.2. The number of nitrogens with zero attached hydrogens (tertiary/aromatic N) is 6. The molecule has 1 saturated heterocycles. The summed E-state index contributed by atoms with van der Waals surface area (Å²) in [6.45, 7) is 8.06. The molecule has 21 heavy (non-hydrogen) atoms. The lowest BCUT2D eigenvalue weighted by Gasteiger charge is -2.38. The third kappa shape index (κ3) is 3.16. The molecule has 0 spiro atoms. The zero-order valence-corrected chi connectivity index (χ0v) is 12.5. The van der Waals surface area contributed by atoms with E-state index in [4.69, 9.17) is 0 Å². The van der Waals surface area contributed by atoms with Crippen LogP contribution in [0.3, 0.4) is 0 Å². The Bertz CT molecular complexity index is 580. The van der Waals surface area contributed by atoms with E-state index in [2.05, 4.69) is 36.7 Å². The van der Waals surface area contributed by atoms with E-state index in [1.165, 1.54) is 0 Å². The molecule has 1 aliphatic heterocycles. The van der Waals surface area contributed by atoms with E-state index in [0.717, 1.165) is 43.5 Å². The SMILES string of the molecule is Cc1nccc(N2CCN(C(C)c3cnccn3)CC2)n1. The standard InChI is InChI=1S/C15H20N6/c1-12(14-11-16-5-6-18-14)20-7-9-21(10-8-20)15-3-4-17-13(2)19-15/h3-6,11-12H,7-10H2,1-2H3. The van der Waals surface area contributed by atoms with Crippen LogP contribution < -0.4 is 4.90 Å². The van der Waals surface area contributed by atoms with Gasteiger partial charge in [-0.25, -0.2) is 9.97 Å². The summed E-state index contributed by atoms with van der Waals surface area (Å²) in [6.07, 6.45) is 7.15. The van der Waals surface area contributed by atoms with Crippen LogP contribution >= 0.6 is 0 Å². The summed E-state index contributed by atoms with van der Waals surface area (Å²) in [5.41, 5.74) is 1.03. The van der Waals surface area contributed by atoms with Crippen molar-refractivity contribution in [1.82, 2.24) is 24.8 Å². The summed E-state index contributed by atoms with van der Waals surface area (Å²) in [6, 6.07) is 2.28. The molecule has 110 valence electrons. The maximum Gasteiger partial charge on any atom is 0.132 e. The van der Waals surface area contributed by atoms with Gasteiger partial charge in [0.15, 0.2) is 0 Å². The molecule has 3 heterocycles. The van der Waals surface area contributed by atoms with Crippen LogP contribution in [0.4, 0.5) is 5.82 Å². The molecule has 6 nitrogen and oxygen atoms in total. The van der Waals surface area contributed by atoms with Gasteiger partial charge in [0.25, 0.3) is 0 Å². The second-order valence-corrected chi connectivity index (χ2v) is 5.29. The molecule has 1 atom stereocenters. The number of hydrogen-bond donors (Lipinski definition) is 0. The first-order valence-electron chi connectivity index (χ1n) is 7.28. The van der Waals surface area contributed by atoms with Crippen LogP contribution in [0.1, 0.15) is 24.5 Å². The molecule has 1 aliphatic rings. The Morgan fingerprint density at radius 1 is 1.05 bits per heavy atom. The van der Waals surface area contributed by atoms with Gasteiger partial charge in [0.2, 0.25) is 0 Å². The number of rotatable bonds is 3. The van der Waals surface area contributed by atoms with Gasteiger partial charge in [0.05, 0.1) is 11.7 Å². The maximum atomic E-state index is 4.50. The molecule has 3 rings (SSSR count). The lowest BCUT2D eigenvalue weighted by Crippen LogP contribution is -2.47. The number of aryl methyl sites for hydroxylation is 1. The average molecular weight is 284 g/mol. The molecule has 0 amide bonds. The Kier molecular flexibility index (Phi) is 4.06. The highest BCUT2D eigenvalue weighted by Gasteiger charge is 2.23. The fourth-order valence-electron chi connectivity index (χ4n) is 2.67. The third-order valence-electron chi connectivity index (χ3n) is 3.96. The van der Waals surface area contributed by atoms with E-state index in [9.17, 15) is 0 Å². The summed E-state index contributed by atoms with van der Waals surface area (Å²) < 4.78 is 0. The quantitative estimate of drug-likeness (QED) is 0.850. The van der Waals surface area contributed by atoms with E-state index < -0.39 is 0 Å². The monoisotopic (exact) mass is 284 g/mol. The van der Waals surface area contributed by atoms with Gasteiger partial charge in [-0.15, -0.1) is 0 Å². The zero-order chi connectivity index (χ0) is 14.7. The Morgan fingerprint density at radius 3 is 2.52 bits per heavy atom. The minimum Gasteiger partial charge on any atom is -0.354 e. The van der Waals surface area contributed by atoms with Crippen molar-refractivity contribution in [2.24, 2.45) is 0 Å². The van der Waals surface area contributed by atoms with E-state index >= 15 is 0 Å². The lowest BCUT2D eigenvalue weighted by atomic mass is 10.2. The van der Waals surface area contributed by atoms with Crippen LogP contribution in [0.5, 0.6) is 0 Å². The smallest absolute Gasteiger partial charge is 0.132 e. The van der Waals surface area contributed by atoms with Crippen LogP contribution in [-0.2, 0) is 0 Å². The molecule has 1 fully saturated rings. The highest BCUT2D eigenvalue weighted by atomic mass is 15.3. The molecule has 0 radical (unpaired) electrons. The second kappa shape index (κ2) is 6.13. The van der Waals surface area contributed by atoms with E-state index in [1.807, 2.05) is 25.4 Å². The highest BCUT2D eigenvalue weighted by Crippen LogP contribution is 2.21. The van der Waals surface area contributed by atoms with Crippen molar-refractivity contribution in [3.8, 4) is 0 Å². The Balaban J connectivity index is 1.63. The summed E-state index contributed by atoms with van der Waals surface area (Å²) in [5, 5.41) is 0. The van der Waals surface area contributed by atoms with Crippen LogP contribution in [0, 0.1) is 6.92 Å². The van der Waals surface area contributed by atoms with E-state index in [-0.39, 0.29) is 0 Å². The van der Waals surface area contributed by atoms with Crippen molar-refractivity contribution >= 4 is 5.82 Å². The van der Waals surface area contributed by atoms with E-state index in [0.29, 0.717) is 6.04 Å². The van der Waals surface area contributed by atoms with Gasteiger partial charge in [0.1, 0.15) is 11.6 Å². The second-order valence-electron chi connectivity index (χ2n) is 5.29. The average Bonchev–Trinajstić information content (AvgIpc) is 2.55. The minimum atomic E-state index is 0.299. The zero-order valence-electron chi connectivity index (χ0n) is 12.5. The summed E-state index contributed by atoms with van der Waals surface area (Å²) in [5.74, 6) is 1.84. The molecule has 1 unspecified atom stereocenters. The van der Waals surface area contributed by atoms with Crippen molar-refractivity contribution in [3.63, 3.8) is 0 Å². The molecule has 2 aromatic rings. The van der Waals surface area contributed by atoms with Crippen molar-refractivity contribution in [3.05, 3.63) is 42.4 Å². The van der Waals surface area contributed by atoms with Crippen molar-refractivity contribution in [2.75, 3.05) is 31.1 Å². The van der Waals surface area contributed by atoms with Crippen LogP contribution in [0.2, 0.25) is 0 Å². The summed E-state index contributed by atoms with van der Waals surface area (Å²) >= 11 is 0. The van der Waals surface area contributed by atoms with Gasteiger partial charge in [0, 0.05) is 51.0 Å². The first-order valence-corrected chi connectivity index (χ1v) is 7.28. The highest BCUT2D eigenvalue weighted by molar-refractivity contribution is 5.38. The third-order valence-corrected chi connectivity index (χ3v) is 3.96. The van der Waals surface area contributed by atoms with Gasteiger partial charge in [-0.1, -0.05) is 0 Å². The molecule has 6 heteroatoms. The number of aromatic nitrogens is 4. The predicted octanol–water partition coefficient (Wildman–Crippen LogP) is 1.46. The maximum absolute atomic E-state index is 4.50. The molecule has 2 aromatic heterocycles. The summed E-state index contributed by atoms with van der Waals surface area (Å²) in [4.78, 5) is 22.0. The van der Waals surface area contributed by atoms with Gasteiger partial charge in [-0.3, -0.25) is 14.9 Å². The van der Waals surface area contributed by atoms with Gasteiger partial charge >= 0.3 is 0 Å². The topological polar surface area (TPSA) is 58.0 Å². The molecule has 0 N–H and O–H groups in total. The largest absolute Gasteiger partial charge is 0.354 e.